The van der Waals surface area contributed by atoms with Crippen LogP contribution >= 0.6 is 11.6 Å². The molecule has 0 aliphatic heterocycles. The molecular formula is C8H9ClO2. The van der Waals surface area contributed by atoms with Crippen molar-refractivity contribution in [3.63, 3.8) is 0 Å². The van der Waals surface area contributed by atoms with Crippen molar-refractivity contribution in [2.24, 2.45) is 0 Å². The first-order valence-corrected chi connectivity index (χ1v) is 3.80. The molecule has 11 heavy (non-hydrogen) atoms. The zero-order valence-electron chi connectivity index (χ0n) is 6.21. The van der Waals surface area contributed by atoms with Gasteiger partial charge in [0.15, 0.2) is 5.22 Å². The molecule has 0 aromatic carbocycles. The Morgan fingerprint density at radius 3 is 2.91 bits per heavy atom. The quantitative estimate of drug-likeness (QED) is 0.657. The second kappa shape index (κ2) is 3.58. The van der Waals surface area contributed by atoms with E-state index in [9.17, 15) is 4.79 Å². The molecule has 0 aliphatic carbocycles. The lowest BCUT2D eigenvalue weighted by atomic mass is 10.1. The van der Waals surface area contributed by atoms with Crippen LogP contribution in [0.2, 0.25) is 5.22 Å². The average molecular weight is 173 g/mol. The number of rotatable bonds is 3. The summed E-state index contributed by atoms with van der Waals surface area (Å²) >= 11 is 5.55. The number of carbonyl (C=O) groups excluding carboxylic acids is 1. The molecule has 0 bridgehead atoms. The van der Waals surface area contributed by atoms with Crippen LogP contribution < -0.4 is 0 Å². The van der Waals surface area contributed by atoms with Crippen LogP contribution in [0, 0.1) is 0 Å². The third-order valence-corrected chi connectivity index (χ3v) is 1.73. The van der Waals surface area contributed by atoms with Crippen molar-refractivity contribution in [2.75, 3.05) is 0 Å². The first-order chi connectivity index (χ1) is 5.24. The Morgan fingerprint density at radius 1 is 1.73 bits per heavy atom. The summed E-state index contributed by atoms with van der Waals surface area (Å²) in [7, 11) is 0. The predicted octanol–water partition coefficient (Wildman–Crippen LogP) is 2.63. The molecule has 0 fully saturated rings. The van der Waals surface area contributed by atoms with Gasteiger partial charge in [0, 0.05) is 12.3 Å². The van der Waals surface area contributed by atoms with Crippen molar-refractivity contribution in [3.8, 4) is 0 Å². The summed E-state index contributed by atoms with van der Waals surface area (Å²) < 4.78 is 5.10. The highest BCUT2D eigenvalue weighted by Gasteiger charge is 2.08. The third kappa shape index (κ3) is 2.09. The van der Waals surface area contributed by atoms with E-state index < -0.39 is 0 Å². The lowest BCUT2D eigenvalue weighted by Gasteiger charge is -2.00. The van der Waals surface area contributed by atoms with Gasteiger partial charge in [-0.15, -0.1) is 0 Å². The molecular weight excluding hydrogens is 164 g/mol. The molecule has 1 unspecified atom stereocenters. The molecule has 1 atom stereocenters. The van der Waals surface area contributed by atoms with Crippen molar-refractivity contribution < 1.29 is 9.21 Å². The topological polar surface area (TPSA) is 30.2 Å². The van der Waals surface area contributed by atoms with E-state index in [0.717, 1.165) is 12.0 Å². The SMILES string of the molecule is CC(CC=O)c1ccc(Cl)o1. The summed E-state index contributed by atoms with van der Waals surface area (Å²) in [6.07, 6.45) is 1.35. The molecule has 0 aliphatic rings. The van der Waals surface area contributed by atoms with Gasteiger partial charge in [-0.3, -0.25) is 0 Å². The summed E-state index contributed by atoms with van der Waals surface area (Å²) in [5.41, 5.74) is 0. The molecule has 3 heteroatoms. The predicted molar refractivity (Wildman–Crippen MR) is 42.8 cm³/mol. The molecule has 0 radical (unpaired) electrons. The first kappa shape index (κ1) is 8.34. The average Bonchev–Trinajstić information content (AvgIpc) is 2.36. The number of hydrogen-bond acceptors (Lipinski definition) is 2. The minimum absolute atomic E-state index is 0.125. The smallest absolute Gasteiger partial charge is 0.193 e. The van der Waals surface area contributed by atoms with Crippen LogP contribution in [0.25, 0.3) is 0 Å². The normalized spacial score (nSPS) is 12.9. The van der Waals surface area contributed by atoms with E-state index in [1.165, 1.54) is 0 Å². The highest BCUT2D eigenvalue weighted by molar-refractivity contribution is 6.28. The third-order valence-electron chi connectivity index (χ3n) is 1.53. The van der Waals surface area contributed by atoms with Gasteiger partial charge in [-0.1, -0.05) is 6.92 Å². The van der Waals surface area contributed by atoms with Gasteiger partial charge in [-0.2, -0.15) is 0 Å². The minimum Gasteiger partial charge on any atom is -0.449 e. The van der Waals surface area contributed by atoms with Gasteiger partial charge < -0.3 is 9.21 Å². The second-order valence-electron chi connectivity index (χ2n) is 2.45. The Labute approximate surface area is 70.2 Å². The van der Waals surface area contributed by atoms with E-state index in [1.54, 1.807) is 12.1 Å². The highest BCUT2D eigenvalue weighted by Crippen LogP contribution is 2.22. The Balaban J connectivity index is 2.67. The number of hydrogen-bond donors (Lipinski definition) is 0. The standard InChI is InChI=1S/C8H9ClO2/c1-6(4-5-10)7-2-3-8(9)11-7/h2-3,5-6H,4H2,1H3. The van der Waals surface area contributed by atoms with Gasteiger partial charge in [-0.25, -0.2) is 0 Å². The molecule has 1 rings (SSSR count). The molecule has 1 aromatic rings. The van der Waals surface area contributed by atoms with Crippen molar-refractivity contribution in [3.05, 3.63) is 23.1 Å². The Morgan fingerprint density at radius 2 is 2.45 bits per heavy atom. The van der Waals surface area contributed by atoms with Gasteiger partial charge in [0.05, 0.1) is 0 Å². The van der Waals surface area contributed by atoms with Gasteiger partial charge >= 0.3 is 0 Å². The second-order valence-corrected chi connectivity index (χ2v) is 2.82. The van der Waals surface area contributed by atoms with Crippen molar-refractivity contribution >= 4 is 17.9 Å². The van der Waals surface area contributed by atoms with Gasteiger partial charge in [0.2, 0.25) is 0 Å². The van der Waals surface area contributed by atoms with Crippen molar-refractivity contribution in [1.82, 2.24) is 0 Å². The van der Waals surface area contributed by atoms with Gasteiger partial charge in [-0.05, 0) is 23.7 Å². The van der Waals surface area contributed by atoms with E-state index >= 15 is 0 Å². The Kier molecular flexibility index (Phi) is 2.71. The largest absolute Gasteiger partial charge is 0.449 e. The molecule has 0 saturated carbocycles. The molecule has 2 nitrogen and oxygen atoms in total. The van der Waals surface area contributed by atoms with Crippen molar-refractivity contribution in [1.29, 1.82) is 0 Å². The summed E-state index contributed by atoms with van der Waals surface area (Å²) in [6, 6.07) is 3.47. The van der Waals surface area contributed by atoms with Crippen LogP contribution in [0.4, 0.5) is 0 Å². The summed E-state index contributed by atoms with van der Waals surface area (Å²) in [5, 5.41) is 0.373. The van der Waals surface area contributed by atoms with Crippen LogP contribution in [0.1, 0.15) is 25.0 Å². The first-order valence-electron chi connectivity index (χ1n) is 3.43. The van der Waals surface area contributed by atoms with E-state index in [0.29, 0.717) is 11.6 Å². The van der Waals surface area contributed by atoms with E-state index in [4.69, 9.17) is 16.0 Å². The van der Waals surface area contributed by atoms with Crippen LogP contribution in [0.15, 0.2) is 16.5 Å². The number of aldehydes is 1. The summed E-state index contributed by atoms with van der Waals surface area (Å²) in [5.74, 6) is 0.891. The highest BCUT2D eigenvalue weighted by atomic mass is 35.5. The van der Waals surface area contributed by atoms with Gasteiger partial charge in [0.25, 0.3) is 0 Å². The lowest BCUT2D eigenvalue weighted by Crippen LogP contribution is -1.90. The van der Waals surface area contributed by atoms with Crippen molar-refractivity contribution in [2.45, 2.75) is 19.3 Å². The van der Waals surface area contributed by atoms with Crippen LogP contribution in [0.5, 0.6) is 0 Å². The fourth-order valence-electron chi connectivity index (χ4n) is 0.854. The monoisotopic (exact) mass is 172 g/mol. The molecule has 0 saturated heterocycles. The number of halogens is 1. The Bertz CT molecular complexity index is 242. The molecule has 0 spiro atoms. The molecule has 0 N–H and O–H groups in total. The van der Waals surface area contributed by atoms with E-state index in [1.807, 2.05) is 6.92 Å². The number of carbonyl (C=O) groups is 1. The summed E-state index contributed by atoms with van der Waals surface area (Å²) in [4.78, 5) is 10.1. The minimum atomic E-state index is 0.125. The van der Waals surface area contributed by atoms with E-state index in [-0.39, 0.29) is 5.92 Å². The maximum absolute atomic E-state index is 10.1. The molecule has 1 aromatic heterocycles. The lowest BCUT2D eigenvalue weighted by molar-refractivity contribution is -0.108. The van der Waals surface area contributed by atoms with Gasteiger partial charge in [0.1, 0.15) is 12.0 Å². The van der Waals surface area contributed by atoms with Crippen LogP contribution in [-0.2, 0) is 4.79 Å². The maximum Gasteiger partial charge on any atom is 0.193 e. The molecule has 1 heterocycles. The number of furan rings is 1. The fraction of sp³-hybridized carbons (Fsp3) is 0.375. The van der Waals surface area contributed by atoms with Crippen LogP contribution in [0.3, 0.4) is 0 Å². The zero-order valence-corrected chi connectivity index (χ0v) is 6.97. The summed E-state index contributed by atoms with van der Waals surface area (Å²) in [6.45, 7) is 1.92. The van der Waals surface area contributed by atoms with E-state index in [2.05, 4.69) is 0 Å². The fourth-order valence-corrected chi connectivity index (χ4v) is 1.01. The van der Waals surface area contributed by atoms with Crippen LogP contribution in [-0.4, -0.2) is 6.29 Å². The molecule has 0 amide bonds. The zero-order chi connectivity index (χ0) is 8.27. The molecule has 60 valence electrons. The maximum atomic E-state index is 10.1. The Hall–Kier alpha value is -0.760.